The average molecular weight is 527 g/mol. The van der Waals surface area contributed by atoms with Gasteiger partial charge in [0.25, 0.3) is 23.5 Å². The Labute approximate surface area is 165 Å². The van der Waals surface area contributed by atoms with Gasteiger partial charge in [0.05, 0.1) is 0 Å². The molecule has 182 valence electrons. The van der Waals surface area contributed by atoms with Crippen LogP contribution in [-0.2, 0) is 29.1 Å². The third-order valence-corrected chi connectivity index (χ3v) is 4.77. The van der Waals surface area contributed by atoms with Gasteiger partial charge in [-0.05, 0) is 0 Å². The van der Waals surface area contributed by atoms with Crippen LogP contribution in [0.3, 0.4) is 0 Å². The number of hydrogen-bond acceptors (Lipinski definition) is 6. The third-order valence-electron chi connectivity index (χ3n) is 2.35. The van der Waals surface area contributed by atoms with Gasteiger partial charge in [-0.1, -0.05) is 5.92 Å². The van der Waals surface area contributed by atoms with Crippen molar-refractivity contribution in [3.05, 3.63) is 0 Å². The number of alkyl halides is 12. The first-order chi connectivity index (χ1) is 13.6. The molecule has 0 saturated carbocycles. The Morgan fingerprint density at radius 2 is 1.19 bits per heavy atom. The van der Waals surface area contributed by atoms with Crippen LogP contribution in [0, 0.1) is 12.3 Å². The standard InChI is InChI=1S/C10H6F12NO6PS/c1-2-3-27-31(26)23-6(24)30(25,28-4(7(11,12)13)8(14,15)16)29-5(9(17,18)19)10(20,21)22/h1,4-5H,3H2,(H,23,24). The molecular weight excluding hydrogens is 521 g/mol. The topological polar surface area (TPSA) is 90.9 Å². The highest BCUT2D eigenvalue weighted by molar-refractivity contribution is 7.82. The van der Waals surface area contributed by atoms with Crippen LogP contribution in [0.25, 0.3) is 0 Å². The van der Waals surface area contributed by atoms with Gasteiger partial charge in [-0.3, -0.25) is 18.0 Å². The van der Waals surface area contributed by atoms with Gasteiger partial charge in [0.15, 0.2) is 0 Å². The maximum absolute atomic E-state index is 12.5. The van der Waals surface area contributed by atoms with Crippen molar-refractivity contribution in [1.29, 1.82) is 0 Å². The van der Waals surface area contributed by atoms with Gasteiger partial charge in [0, 0.05) is 0 Å². The molecule has 0 aromatic heterocycles. The summed E-state index contributed by atoms with van der Waals surface area (Å²) in [6.07, 6.45) is -32.7. The molecule has 0 aromatic rings. The average Bonchev–Trinajstić information content (AvgIpc) is 2.51. The Hall–Kier alpha value is -1.55. The largest absolute Gasteiger partial charge is 0.424 e. The van der Waals surface area contributed by atoms with Crippen molar-refractivity contribution < 1.29 is 79.5 Å². The molecule has 1 N–H and O–H groups in total. The van der Waals surface area contributed by atoms with Gasteiger partial charge in [-0.2, -0.15) is 52.7 Å². The van der Waals surface area contributed by atoms with Crippen molar-refractivity contribution in [3.8, 4) is 12.3 Å². The SMILES string of the molecule is C#CCOS(=O)NC(=O)P(=O)(OC(C(F)(F)F)C(F)(F)F)OC(C(F)(F)F)C(F)(F)F. The van der Waals surface area contributed by atoms with E-state index in [-0.39, 0.29) is 0 Å². The molecule has 1 atom stereocenters. The van der Waals surface area contributed by atoms with E-state index in [9.17, 15) is 66.3 Å². The molecule has 0 aromatic carbocycles. The normalized spacial score (nSPS) is 15.1. The van der Waals surface area contributed by atoms with Crippen molar-refractivity contribution in [2.75, 3.05) is 6.61 Å². The molecule has 0 heterocycles. The summed E-state index contributed by atoms with van der Waals surface area (Å²) in [4.78, 5) is 11.6. The lowest BCUT2D eigenvalue weighted by atomic mass is 10.3. The summed E-state index contributed by atoms with van der Waals surface area (Å²) in [5.74, 6) is 1.56. The number of amides is 1. The number of halogens is 12. The second-order valence-corrected chi connectivity index (χ2v) is 7.48. The van der Waals surface area contributed by atoms with E-state index >= 15 is 0 Å². The first-order valence-electron chi connectivity index (χ1n) is 6.59. The molecule has 0 aliphatic carbocycles. The Morgan fingerprint density at radius 3 is 1.45 bits per heavy atom. The number of nitrogens with one attached hydrogen (secondary N) is 1. The van der Waals surface area contributed by atoms with Crippen molar-refractivity contribution in [2.45, 2.75) is 36.9 Å². The third kappa shape index (κ3) is 9.22. The summed E-state index contributed by atoms with van der Waals surface area (Å²) in [6, 6.07) is 0. The predicted molar refractivity (Wildman–Crippen MR) is 73.0 cm³/mol. The van der Waals surface area contributed by atoms with Gasteiger partial charge in [-0.15, -0.1) is 6.42 Å². The van der Waals surface area contributed by atoms with Gasteiger partial charge < -0.3 is 0 Å². The molecule has 21 heteroatoms. The minimum atomic E-state index is -7.35. The fraction of sp³-hybridized carbons (Fsp3) is 0.700. The minimum absolute atomic E-state index is 0.605. The minimum Gasteiger partial charge on any atom is -0.279 e. The molecule has 0 rings (SSSR count). The quantitative estimate of drug-likeness (QED) is 0.290. The van der Waals surface area contributed by atoms with E-state index in [2.05, 4.69) is 19.7 Å². The highest BCUT2D eigenvalue weighted by Crippen LogP contribution is 2.58. The van der Waals surface area contributed by atoms with Crippen LogP contribution >= 0.6 is 7.60 Å². The van der Waals surface area contributed by atoms with E-state index in [4.69, 9.17) is 0 Å². The van der Waals surface area contributed by atoms with Crippen molar-refractivity contribution in [2.24, 2.45) is 0 Å². The molecule has 7 nitrogen and oxygen atoms in total. The Morgan fingerprint density at radius 1 is 0.871 bits per heavy atom. The van der Waals surface area contributed by atoms with Gasteiger partial charge in [-0.25, -0.2) is 13.5 Å². The predicted octanol–water partition coefficient (Wildman–Crippen LogP) is 4.14. The number of carbonyl (C=O) groups excluding carboxylic acids is 1. The van der Waals surface area contributed by atoms with Crippen molar-refractivity contribution >= 4 is 24.5 Å². The summed E-state index contributed by atoms with van der Waals surface area (Å²) < 4.78 is 184. The molecule has 0 aliphatic rings. The number of terminal acetylenes is 1. The summed E-state index contributed by atoms with van der Waals surface area (Å²) in [6.45, 7) is -1.000. The Bertz CT molecular complexity index is 687. The molecule has 1 unspecified atom stereocenters. The smallest absolute Gasteiger partial charge is 0.279 e. The molecule has 0 bridgehead atoms. The lowest BCUT2D eigenvalue weighted by Gasteiger charge is -2.30. The second kappa shape index (κ2) is 9.94. The number of rotatable bonds is 8. The van der Waals surface area contributed by atoms with Gasteiger partial charge >= 0.3 is 37.9 Å². The number of hydrogen-bond donors (Lipinski definition) is 1. The summed E-state index contributed by atoms with van der Waals surface area (Å²) >= 11 is -3.41. The lowest BCUT2D eigenvalue weighted by molar-refractivity contribution is -0.313. The van der Waals surface area contributed by atoms with Gasteiger partial charge in [0.2, 0.25) is 0 Å². The molecule has 0 radical (unpaired) electrons. The fourth-order valence-corrected chi connectivity index (χ4v) is 3.57. The molecule has 31 heavy (non-hydrogen) atoms. The molecule has 1 amide bonds. The monoisotopic (exact) mass is 527 g/mol. The Kier molecular flexibility index (Phi) is 9.44. The van der Waals surface area contributed by atoms with Crippen molar-refractivity contribution in [3.63, 3.8) is 0 Å². The Balaban J connectivity index is 6.35. The summed E-state index contributed by atoms with van der Waals surface area (Å²) in [7, 11) is -7.35. The molecule has 0 aliphatic heterocycles. The van der Waals surface area contributed by atoms with Crippen LogP contribution in [-0.4, -0.2) is 53.4 Å². The number of carbonyl (C=O) groups is 1. The van der Waals surface area contributed by atoms with E-state index in [0.717, 1.165) is 0 Å². The fourth-order valence-electron chi connectivity index (χ4n) is 1.25. The van der Waals surface area contributed by atoms with Crippen molar-refractivity contribution in [1.82, 2.24) is 4.72 Å². The zero-order valence-corrected chi connectivity index (χ0v) is 15.5. The van der Waals surface area contributed by atoms with E-state index in [0.29, 0.717) is 4.72 Å². The zero-order chi connectivity index (χ0) is 25.1. The van der Waals surface area contributed by atoms with Crippen LogP contribution in [0.1, 0.15) is 0 Å². The van der Waals surface area contributed by atoms with Crippen LogP contribution in [0.15, 0.2) is 0 Å². The first-order valence-corrected chi connectivity index (χ1v) is 9.21. The molecular formula is C10H6F12NO6PS. The van der Waals surface area contributed by atoms with E-state index in [1.165, 1.54) is 0 Å². The van der Waals surface area contributed by atoms with Crippen LogP contribution in [0.4, 0.5) is 57.5 Å². The summed E-state index contributed by atoms with van der Waals surface area (Å²) in [5.41, 5.74) is -3.13. The molecule has 0 spiro atoms. The zero-order valence-electron chi connectivity index (χ0n) is 13.8. The van der Waals surface area contributed by atoms with E-state index < -0.39 is 68.0 Å². The lowest BCUT2D eigenvalue weighted by Crippen LogP contribution is -2.47. The molecule has 0 fully saturated rings. The van der Waals surface area contributed by atoms with E-state index in [1.807, 2.05) is 0 Å². The second-order valence-electron chi connectivity index (χ2n) is 4.74. The summed E-state index contributed by atoms with van der Waals surface area (Å²) in [5, 5.41) is 0. The van der Waals surface area contributed by atoms with Gasteiger partial charge in [0.1, 0.15) is 6.61 Å². The molecule has 0 saturated heterocycles. The maximum atomic E-state index is 12.5. The highest BCUT2D eigenvalue weighted by atomic mass is 32.2. The van der Waals surface area contributed by atoms with E-state index in [1.54, 1.807) is 5.92 Å². The maximum Gasteiger partial charge on any atom is 0.424 e. The highest BCUT2D eigenvalue weighted by Gasteiger charge is 2.66. The van der Waals surface area contributed by atoms with Crippen LogP contribution < -0.4 is 4.72 Å². The van der Waals surface area contributed by atoms with Crippen LogP contribution in [0.5, 0.6) is 0 Å². The van der Waals surface area contributed by atoms with Crippen LogP contribution in [0.2, 0.25) is 0 Å². The first kappa shape index (κ1) is 29.5.